The van der Waals surface area contributed by atoms with Gasteiger partial charge in [-0.2, -0.15) is 0 Å². The molecule has 0 fully saturated rings. The standard InChI is InChI=1S/C28H24O2Si/c1-5-13-25(14-6-1)21-23-31(29-27-17-9-3-10-18-27,30-28-19-11-4-12-20-28)24-22-26-15-7-2-8-16-26/h1-24H/b23-21+,24-22+. The van der Waals surface area contributed by atoms with E-state index in [0.717, 1.165) is 22.6 Å². The van der Waals surface area contributed by atoms with Gasteiger partial charge in [0.15, 0.2) is 0 Å². The lowest BCUT2D eigenvalue weighted by molar-refractivity contribution is 0.414. The molecule has 0 saturated carbocycles. The summed E-state index contributed by atoms with van der Waals surface area (Å²) < 4.78 is 13.2. The molecule has 0 atom stereocenters. The van der Waals surface area contributed by atoms with Gasteiger partial charge in [0.05, 0.1) is 0 Å². The molecular weight excluding hydrogens is 396 g/mol. The first-order valence-corrected chi connectivity index (χ1v) is 12.3. The van der Waals surface area contributed by atoms with Gasteiger partial charge in [0.25, 0.3) is 0 Å². The maximum absolute atomic E-state index is 6.59. The smallest absolute Gasteiger partial charge is 0.506 e. The monoisotopic (exact) mass is 420 g/mol. The van der Waals surface area contributed by atoms with Crippen LogP contribution in [0.4, 0.5) is 0 Å². The molecule has 0 heterocycles. The fourth-order valence-electron chi connectivity index (χ4n) is 3.11. The van der Waals surface area contributed by atoms with Gasteiger partial charge >= 0.3 is 8.56 Å². The van der Waals surface area contributed by atoms with Crippen LogP contribution in [-0.2, 0) is 0 Å². The Kier molecular flexibility index (Phi) is 6.78. The molecule has 0 saturated heterocycles. The highest BCUT2D eigenvalue weighted by Gasteiger charge is 2.37. The average molecular weight is 421 g/mol. The summed E-state index contributed by atoms with van der Waals surface area (Å²) in [6, 6.07) is 40.1. The van der Waals surface area contributed by atoms with Gasteiger partial charge in [-0.3, -0.25) is 0 Å². The summed E-state index contributed by atoms with van der Waals surface area (Å²) in [6.45, 7) is 0. The fourth-order valence-corrected chi connectivity index (χ4v) is 5.39. The first-order valence-electron chi connectivity index (χ1n) is 10.3. The van der Waals surface area contributed by atoms with Crippen molar-refractivity contribution >= 4 is 20.7 Å². The van der Waals surface area contributed by atoms with Crippen LogP contribution in [0, 0.1) is 0 Å². The van der Waals surface area contributed by atoms with Crippen LogP contribution in [0.1, 0.15) is 11.1 Å². The summed E-state index contributed by atoms with van der Waals surface area (Å²) in [4.78, 5) is 0. The summed E-state index contributed by atoms with van der Waals surface area (Å²) in [5.74, 6) is 1.56. The number of rotatable bonds is 8. The molecule has 4 rings (SSSR count). The Bertz CT molecular complexity index is 1020. The molecule has 3 heteroatoms. The van der Waals surface area contributed by atoms with Crippen LogP contribution in [-0.4, -0.2) is 8.56 Å². The Morgan fingerprint density at radius 3 is 1.10 bits per heavy atom. The van der Waals surface area contributed by atoms with Crippen LogP contribution in [0.25, 0.3) is 12.2 Å². The molecule has 0 bridgehead atoms. The van der Waals surface area contributed by atoms with Crippen LogP contribution in [0.2, 0.25) is 0 Å². The highest BCUT2D eigenvalue weighted by molar-refractivity contribution is 6.80. The van der Waals surface area contributed by atoms with Gasteiger partial charge in [0.1, 0.15) is 11.5 Å². The lowest BCUT2D eigenvalue weighted by atomic mass is 10.2. The Balaban J connectivity index is 1.77. The molecule has 152 valence electrons. The summed E-state index contributed by atoms with van der Waals surface area (Å²) >= 11 is 0. The quantitative estimate of drug-likeness (QED) is 0.283. The molecule has 0 aromatic heterocycles. The molecule has 0 aliphatic heterocycles. The van der Waals surface area contributed by atoms with E-state index in [1.165, 1.54) is 0 Å². The first kappa shape index (κ1) is 20.4. The Labute approximate surface area is 185 Å². The highest BCUT2D eigenvalue weighted by atomic mass is 28.4. The van der Waals surface area contributed by atoms with Crippen molar-refractivity contribution in [2.45, 2.75) is 0 Å². The molecular formula is C28H24O2Si. The van der Waals surface area contributed by atoms with Crippen molar-refractivity contribution in [2.24, 2.45) is 0 Å². The molecule has 4 aromatic rings. The molecule has 4 aromatic carbocycles. The zero-order chi connectivity index (χ0) is 21.2. The Morgan fingerprint density at radius 1 is 0.419 bits per heavy atom. The molecule has 0 aliphatic rings. The first-order chi connectivity index (χ1) is 15.3. The molecule has 0 N–H and O–H groups in total. The summed E-state index contributed by atoms with van der Waals surface area (Å²) in [6.07, 6.45) is 4.15. The van der Waals surface area contributed by atoms with Crippen molar-refractivity contribution in [3.63, 3.8) is 0 Å². The van der Waals surface area contributed by atoms with E-state index in [9.17, 15) is 0 Å². The van der Waals surface area contributed by atoms with E-state index in [-0.39, 0.29) is 0 Å². The fraction of sp³-hybridized carbons (Fsp3) is 0. The molecule has 31 heavy (non-hydrogen) atoms. The predicted octanol–water partition coefficient (Wildman–Crippen LogP) is 7.09. The third-order valence-corrected chi connectivity index (χ3v) is 7.03. The van der Waals surface area contributed by atoms with Crippen LogP contribution in [0.5, 0.6) is 11.5 Å². The van der Waals surface area contributed by atoms with Crippen molar-refractivity contribution < 1.29 is 8.85 Å². The minimum atomic E-state index is -3.00. The normalized spacial score (nSPS) is 11.6. The van der Waals surface area contributed by atoms with Gasteiger partial charge in [-0.05, 0) is 46.8 Å². The second-order valence-electron chi connectivity index (χ2n) is 7.04. The van der Waals surface area contributed by atoms with E-state index in [0.29, 0.717) is 0 Å². The lowest BCUT2D eigenvalue weighted by Gasteiger charge is -2.26. The highest BCUT2D eigenvalue weighted by Crippen LogP contribution is 2.24. The summed E-state index contributed by atoms with van der Waals surface area (Å²) in [5.41, 5.74) is 6.37. The zero-order valence-corrected chi connectivity index (χ0v) is 18.2. The third-order valence-electron chi connectivity index (χ3n) is 4.66. The van der Waals surface area contributed by atoms with Crippen molar-refractivity contribution in [2.75, 3.05) is 0 Å². The third kappa shape index (κ3) is 6.08. The van der Waals surface area contributed by atoms with Gasteiger partial charge in [-0.25, -0.2) is 0 Å². The van der Waals surface area contributed by atoms with E-state index in [4.69, 9.17) is 8.85 Å². The molecule has 0 unspecified atom stereocenters. The minimum absolute atomic E-state index is 0.778. The van der Waals surface area contributed by atoms with Gasteiger partial charge in [-0.1, -0.05) is 109 Å². The zero-order valence-electron chi connectivity index (χ0n) is 17.2. The molecule has 0 radical (unpaired) electrons. The summed E-state index contributed by atoms with van der Waals surface area (Å²) in [7, 11) is -3.00. The maximum atomic E-state index is 6.59. The van der Waals surface area contributed by atoms with Crippen molar-refractivity contribution in [1.29, 1.82) is 0 Å². The molecule has 2 nitrogen and oxygen atoms in total. The number of benzene rings is 4. The largest absolute Gasteiger partial charge is 0.516 e. The van der Waals surface area contributed by atoms with E-state index in [2.05, 4.69) is 47.8 Å². The predicted molar refractivity (Wildman–Crippen MR) is 131 cm³/mol. The Hall–Kier alpha value is -3.82. The minimum Gasteiger partial charge on any atom is -0.506 e. The van der Waals surface area contributed by atoms with Gasteiger partial charge in [0.2, 0.25) is 0 Å². The SMILES string of the molecule is C(=C\[Si](/C=C/c1ccccc1)(Oc1ccccc1)Oc1ccccc1)/c1ccccc1. The maximum Gasteiger partial charge on any atom is 0.516 e. The van der Waals surface area contributed by atoms with Gasteiger partial charge in [0, 0.05) is 0 Å². The molecule has 0 spiro atoms. The van der Waals surface area contributed by atoms with Gasteiger partial charge in [-0.15, -0.1) is 0 Å². The summed E-state index contributed by atoms with van der Waals surface area (Å²) in [5, 5.41) is 0. The van der Waals surface area contributed by atoms with E-state index in [1.807, 2.05) is 97.1 Å². The van der Waals surface area contributed by atoms with Crippen LogP contribution >= 0.6 is 0 Å². The van der Waals surface area contributed by atoms with Crippen molar-refractivity contribution in [3.8, 4) is 11.5 Å². The van der Waals surface area contributed by atoms with E-state index in [1.54, 1.807) is 0 Å². The van der Waals surface area contributed by atoms with Crippen molar-refractivity contribution in [1.82, 2.24) is 0 Å². The van der Waals surface area contributed by atoms with Crippen LogP contribution < -0.4 is 8.85 Å². The van der Waals surface area contributed by atoms with E-state index >= 15 is 0 Å². The number of hydrogen-bond donors (Lipinski definition) is 0. The number of para-hydroxylation sites is 2. The van der Waals surface area contributed by atoms with Crippen LogP contribution in [0.3, 0.4) is 0 Å². The van der Waals surface area contributed by atoms with E-state index < -0.39 is 8.56 Å². The van der Waals surface area contributed by atoms with Crippen molar-refractivity contribution in [3.05, 3.63) is 144 Å². The topological polar surface area (TPSA) is 18.5 Å². The van der Waals surface area contributed by atoms with Gasteiger partial charge < -0.3 is 8.85 Å². The molecule has 0 amide bonds. The number of hydrogen-bond acceptors (Lipinski definition) is 2. The Morgan fingerprint density at radius 2 is 0.742 bits per heavy atom. The second kappa shape index (κ2) is 10.3. The van der Waals surface area contributed by atoms with Crippen LogP contribution in [0.15, 0.2) is 133 Å². The average Bonchev–Trinajstić information content (AvgIpc) is 2.84. The second-order valence-corrected chi connectivity index (χ2v) is 9.56. The molecule has 0 aliphatic carbocycles. The lowest BCUT2D eigenvalue weighted by Crippen LogP contribution is -2.45.